The van der Waals surface area contributed by atoms with E-state index in [0.717, 1.165) is 38.9 Å². The molecule has 122 valence electrons. The van der Waals surface area contributed by atoms with Gasteiger partial charge in [0.1, 0.15) is 6.04 Å². The molecular weight excluding hydrogens is 284 g/mol. The van der Waals surface area contributed by atoms with Crippen LogP contribution in [0.3, 0.4) is 0 Å². The number of likely N-dealkylation sites (tertiary alicyclic amines) is 1. The first-order valence-corrected chi connectivity index (χ1v) is 7.92. The van der Waals surface area contributed by atoms with Gasteiger partial charge in [0.25, 0.3) is 5.95 Å². The van der Waals surface area contributed by atoms with Gasteiger partial charge in [0, 0.05) is 25.6 Å². The third-order valence-corrected chi connectivity index (χ3v) is 5.06. The van der Waals surface area contributed by atoms with Gasteiger partial charge in [-0.05, 0) is 36.9 Å². The van der Waals surface area contributed by atoms with Gasteiger partial charge in [-0.15, -0.1) is 0 Å². The number of aromatic nitrogens is 2. The SMILES string of the molecule is CC(C)c1nc(N2CCC3(CC2)CC(C(=O)O)N(C)C3)no1. The lowest BCUT2D eigenvalue weighted by Crippen LogP contribution is -2.41. The van der Waals surface area contributed by atoms with Crippen LogP contribution >= 0.6 is 0 Å². The number of carbonyl (C=O) groups is 1. The van der Waals surface area contributed by atoms with E-state index >= 15 is 0 Å². The Bertz CT molecular complexity index is 549. The smallest absolute Gasteiger partial charge is 0.320 e. The molecule has 1 aromatic heterocycles. The van der Waals surface area contributed by atoms with Gasteiger partial charge in [-0.25, -0.2) is 0 Å². The van der Waals surface area contributed by atoms with E-state index in [4.69, 9.17) is 4.52 Å². The van der Waals surface area contributed by atoms with E-state index in [1.165, 1.54) is 0 Å². The van der Waals surface area contributed by atoms with Gasteiger partial charge < -0.3 is 14.5 Å². The Morgan fingerprint density at radius 2 is 2.09 bits per heavy atom. The van der Waals surface area contributed by atoms with E-state index in [-0.39, 0.29) is 17.4 Å². The lowest BCUT2D eigenvalue weighted by molar-refractivity contribution is -0.141. The summed E-state index contributed by atoms with van der Waals surface area (Å²) in [5.41, 5.74) is 0.124. The molecule has 2 saturated heterocycles. The molecule has 3 heterocycles. The van der Waals surface area contributed by atoms with Crippen molar-refractivity contribution >= 4 is 11.9 Å². The fourth-order valence-electron chi connectivity index (χ4n) is 3.68. The van der Waals surface area contributed by atoms with Crippen LogP contribution in [0.4, 0.5) is 5.95 Å². The summed E-state index contributed by atoms with van der Waals surface area (Å²) in [5, 5.41) is 13.4. The third kappa shape index (κ3) is 2.69. The fraction of sp³-hybridized carbons (Fsp3) is 0.800. The monoisotopic (exact) mass is 308 g/mol. The average molecular weight is 308 g/mol. The standard InChI is InChI=1S/C15H24N4O3/c1-10(2)12-16-14(17-22-12)19-6-4-15(5-7-19)8-11(13(20)21)18(3)9-15/h10-11H,4-9H2,1-3H3,(H,20,21). The molecular formula is C15H24N4O3. The number of carboxylic acid groups (broad SMARTS) is 1. The Morgan fingerprint density at radius 3 is 2.59 bits per heavy atom. The Kier molecular flexibility index (Phi) is 3.84. The molecule has 7 nitrogen and oxygen atoms in total. The van der Waals surface area contributed by atoms with Crippen LogP contribution in [0.15, 0.2) is 4.52 Å². The summed E-state index contributed by atoms with van der Waals surface area (Å²) in [7, 11) is 1.91. The molecule has 1 atom stereocenters. The zero-order valence-corrected chi connectivity index (χ0v) is 13.4. The van der Waals surface area contributed by atoms with Crippen molar-refractivity contribution in [3.8, 4) is 0 Å². The van der Waals surface area contributed by atoms with Crippen molar-refractivity contribution in [3.05, 3.63) is 5.89 Å². The summed E-state index contributed by atoms with van der Waals surface area (Å²) in [5.74, 6) is 0.861. The van der Waals surface area contributed by atoms with Crippen LogP contribution < -0.4 is 4.90 Å². The molecule has 0 aliphatic carbocycles. The van der Waals surface area contributed by atoms with Crippen LogP contribution in [0, 0.1) is 5.41 Å². The predicted molar refractivity (Wildman–Crippen MR) is 80.9 cm³/mol. The molecule has 2 fully saturated rings. The number of aliphatic carboxylic acids is 1. The maximum Gasteiger partial charge on any atom is 0.320 e. The van der Waals surface area contributed by atoms with Gasteiger partial charge in [-0.2, -0.15) is 4.98 Å². The number of piperidine rings is 1. The summed E-state index contributed by atoms with van der Waals surface area (Å²) in [6, 6.07) is -0.343. The Balaban J connectivity index is 1.64. The molecule has 0 bridgehead atoms. The van der Waals surface area contributed by atoms with Crippen LogP contribution in [-0.2, 0) is 4.79 Å². The zero-order chi connectivity index (χ0) is 15.9. The maximum absolute atomic E-state index is 11.3. The van der Waals surface area contributed by atoms with Gasteiger partial charge in [0.15, 0.2) is 0 Å². The van der Waals surface area contributed by atoms with Crippen LogP contribution in [0.1, 0.15) is 44.9 Å². The number of hydrogen-bond acceptors (Lipinski definition) is 6. The van der Waals surface area contributed by atoms with Crippen molar-refractivity contribution in [2.24, 2.45) is 5.41 Å². The zero-order valence-electron chi connectivity index (χ0n) is 13.4. The number of anilines is 1. The van der Waals surface area contributed by atoms with Gasteiger partial charge in [-0.1, -0.05) is 13.8 Å². The predicted octanol–water partition coefficient (Wildman–Crippen LogP) is 1.57. The lowest BCUT2D eigenvalue weighted by atomic mass is 9.76. The van der Waals surface area contributed by atoms with Gasteiger partial charge in [-0.3, -0.25) is 9.69 Å². The number of rotatable bonds is 3. The molecule has 0 amide bonds. The quantitative estimate of drug-likeness (QED) is 0.907. The van der Waals surface area contributed by atoms with Crippen LogP contribution in [-0.4, -0.2) is 58.8 Å². The molecule has 1 spiro atoms. The first kappa shape index (κ1) is 15.3. The number of carboxylic acids is 1. The van der Waals surface area contributed by atoms with E-state index in [9.17, 15) is 9.90 Å². The highest BCUT2D eigenvalue weighted by molar-refractivity contribution is 5.74. The minimum absolute atomic E-state index is 0.124. The summed E-state index contributed by atoms with van der Waals surface area (Å²) < 4.78 is 5.27. The van der Waals surface area contributed by atoms with Crippen LogP contribution in [0.25, 0.3) is 0 Å². The highest BCUT2D eigenvalue weighted by atomic mass is 16.5. The third-order valence-electron chi connectivity index (χ3n) is 5.06. The number of hydrogen-bond donors (Lipinski definition) is 1. The first-order chi connectivity index (χ1) is 10.4. The molecule has 0 radical (unpaired) electrons. The number of nitrogens with zero attached hydrogens (tertiary/aromatic N) is 4. The van der Waals surface area contributed by atoms with Crippen LogP contribution in [0.2, 0.25) is 0 Å². The highest BCUT2D eigenvalue weighted by Crippen LogP contribution is 2.43. The molecule has 3 rings (SSSR count). The molecule has 7 heteroatoms. The van der Waals surface area contributed by atoms with Crippen molar-refractivity contribution in [1.82, 2.24) is 15.0 Å². The molecule has 1 unspecified atom stereocenters. The van der Waals surface area contributed by atoms with E-state index in [0.29, 0.717) is 11.8 Å². The molecule has 1 aromatic rings. The number of likely N-dealkylation sites (N-methyl/N-ethyl adjacent to an activating group) is 1. The minimum Gasteiger partial charge on any atom is -0.480 e. The van der Waals surface area contributed by atoms with Gasteiger partial charge >= 0.3 is 5.97 Å². The van der Waals surface area contributed by atoms with Crippen molar-refractivity contribution in [3.63, 3.8) is 0 Å². The summed E-state index contributed by atoms with van der Waals surface area (Å²) in [4.78, 5) is 19.9. The van der Waals surface area contributed by atoms with E-state index < -0.39 is 5.97 Å². The van der Waals surface area contributed by atoms with Crippen molar-refractivity contribution in [2.75, 3.05) is 31.6 Å². The maximum atomic E-state index is 11.3. The molecule has 0 saturated carbocycles. The minimum atomic E-state index is -0.707. The van der Waals surface area contributed by atoms with Crippen LogP contribution in [0.5, 0.6) is 0 Å². The van der Waals surface area contributed by atoms with Gasteiger partial charge in [0.05, 0.1) is 0 Å². The van der Waals surface area contributed by atoms with E-state index in [2.05, 4.69) is 15.0 Å². The molecule has 0 aromatic carbocycles. The molecule has 2 aliphatic heterocycles. The largest absolute Gasteiger partial charge is 0.480 e. The van der Waals surface area contributed by atoms with Crippen molar-refractivity contribution < 1.29 is 14.4 Å². The molecule has 1 N–H and O–H groups in total. The van der Waals surface area contributed by atoms with Gasteiger partial charge in [0.2, 0.25) is 5.89 Å². The normalized spacial score (nSPS) is 25.3. The van der Waals surface area contributed by atoms with E-state index in [1.807, 2.05) is 25.8 Å². The Hall–Kier alpha value is -1.63. The highest BCUT2D eigenvalue weighted by Gasteiger charge is 2.47. The Labute approximate surface area is 130 Å². The second-order valence-electron chi connectivity index (χ2n) is 7.05. The second kappa shape index (κ2) is 5.53. The summed E-state index contributed by atoms with van der Waals surface area (Å²) in [6.07, 6.45) is 2.70. The fourth-order valence-corrected chi connectivity index (χ4v) is 3.68. The Morgan fingerprint density at radius 1 is 1.41 bits per heavy atom. The molecule has 22 heavy (non-hydrogen) atoms. The molecule has 2 aliphatic rings. The second-order valence-corrected chi connectivity index (χ2v) is 7.05. The topological polar surface area (TPSA) is 82.7 Å². The van der Waals surface area contributed by atoms with Crippen molar-refractivity contribution in [1.29, 1.82) is 0 Å². The van der Waals surface area contributed by atoms with E-state index in [1.54, 1.807) is 0 Å². The average Bonchev–Trinajstić information content (AvgIpc) is 3.06. The van der Waals surface area contributed by atoms with Crippen molar-refractivity contribution in [2.45, 2.75) is 45.1 Å². The first-order valence-electron chi connectivity index (χ1n) is 7.92. The lowest BCUT2D eigenvalue weighted by Gasteiger charge is -2.38. The summed E-state index contributed by atoms with van der Waals surface area (Å²) in [6.45, 7) is 6.64. The summed E-state index contributed by atoms with van der Waals surface area (Å²) >= 11 is 0.